The molecule has 6 rings (SSSR count). The Balaban J connectivity index is 1.26. The second-order valence-electron chi connectivity index (χ2n) is 10.0. The topological polar surface area (TPSA) is 90.4 Å². The van der Waals surface area contributed by atoms with Crippen LogP contribution in [0.2, 0.25) is 0 Å². The molecule has 4 heterocycles. The molecule has 3 aromatic heterocycles. The molecule has 2 fully saturated rings. The molecule has 3 N–H and O–H groups in total. The van der Waals surface area contributed by atoms with Crippen molar-refractivity contribution in [3.05, 3.63) is 72.7 Å². The van der Waals surface area contributed by atoms with Crippen molar-refractivity contribution in [1.82, 2.24) is 24.7 Å². The number of hydrogen-bond donors (Lipinski definition) is 2. The van der Waals surface area contributed by atoms with Crippen molar-refractivity contribution < 1.29 is 9.13 Å². The summed E-state index contributed by atoms with van der Waals surface area (Å²) in [6.07, 6.45) is 10.4. The molecule has 36 heavy (non-hydrogen) atoms. The summed E-state index contributed by atoms with van der Waals surface area (Å²) in [5.74, 6) is 0.0155. The third kappa shape index (κ3) is 4.52. The molecule has 7 nitrogen and oxygen atoms in total. The number of imidazole rings is 1. The van der Waals surface area contributed by atoms with Gasteiger partial charge in [0.15, 0.2) is 5.82 Å². The van der Waals surface area contributed by atoms with Crippen LogP contribution < -0.4 is 11.1 Å². The average Bonchev–Trinajstić information content (AvgIpc) is 3.34. The van der Waals surface area contributed by atoms with Crippen LogP contribution in [0.4, 0.5) is 4.39 Å². The number of fused-ring (bicyclic) bond motifs is 1. The second kappa shape index (κ2) is 9.69. The first-order chi connectivity index (χ1) is 17.6. The van der Waals surface area contributed by atoms with E-state index in [1.807, 2.05) is 53.1 Å². The Morgan fingerprint density at radius 2 is 1.67 bits per heavy atom. The number of aromatic nitrogens is 4. The number of rotatable bonds is 5. The van der Waals surface area contributed by atoms with Gasteiger partial charge in [0.1, 0.15) is 17.2 Å². The van der Waals surface area contributed by atoms with Crippen molar-refractivity contribution in [2.75, 3.05) is 13.2 Å². The Bertz CT molecular complexity index is 1340. The van der Waals surface area contributed by atoms with Gasteiger partial charge in [-0.2, -0.15) is 0 Å². The van der Waals surface area contributed by atoms with Gasteiger partial charge in [-0.3, -0.25) is 4.40 Å². The Morgan fingerprint density at radius 3 is 2.44 bits per heavy atom. The van der Waals surface area contributed by atoms with Crippen LogP contribution in [-0.4, -0.2) is 44.7 Å². The lowest BCUT2D eigenvalue weighted by atomic mass is 9.79. The van der Waals surface area contributed by atoms with Crippen LogP contribution in [0.5, 0.6) is 0 Å². The summed E-state index contributed by atoms with van der Waals surface area (Å²) in [5.41, 5.74) is 9.80. The zero-order valence-corrected chi connectivity index (χ0v) is 20.2. The highest BCUT2D eigenvalue weighted by Crippen LogP contribution is 2.35. The molecule has 186 valence electrons. The molecule has 1 saturated carbocycles. The molecule has 0 unspecified atom stereocenters. The lowest BCUT2D eigenvalue weighted by Crippen LogP contribution is -2.49. The molecule has 0 amide bonds. The van der Waals surface area contributed by atoms with Gasteiger partial charge in [0.2, 0.25) is 0 Å². The molecular formula is C28H31FN6O. The van der Waals surface area contributed by atoms with Gasteiger partial charge in [-0.15, -0.1) is 0 Å². The van der Waals surface area contributed by atoms with Crippen LogP contribution in [0.15, 0.2) is 61.1 Å². The van der Waals surface area contributed by atoms with Crippen molar-refractivity contribution >= 4 is 5.65 Å². The molecule has 1 aromatic carbocycles. The van der Waals surface area contributed by atoms with Crippen molar-refractivity contribution in [2.45, 2.75) is 56.1 Å². The molecule has 1 aliphatic heterocycles. The lowest BCUT2D eigenvalue weighted by molar-refractivity contribution is 0.0714. The molecule has 0 spiro atoms. The number of nitrogens with zero attached hydrogens (tertiary/aromatic N) is 4. The monoisotopic (exact) mass is 486 g/mol. The highest BCUT2D eigenvalue weighted by molar-refractivity contribution is 5.68. The molecule has 1 saturated heterocycles. The minimum absolute atomic E-state index is 0.227. The van der Waals surface area contributed by atoms with E-state index >= 15 is 4.39 Å². The van der Waals surface area contributed by atoms with Gasteiger partial charge in [-0.05, 0) is 61.8 Å². The lowest BCUT2D eigenvalue weighted by Gasteiger charge is -2.38. The number of halogens is 1. The largest absolute Gasteiger partial charge is 0.381 e. The highest BCUT2D eigenvalue weighted by Gasteiger charge is 2.37. The first-order valence-electron chi connectivity index (χ1n) is 12.8. The zero-order chi connectivity index (χ0) is 24.5. The zero-order valence-electron chi connectivity index (χ0n) is 20.2. The Morgan fingerprint density at radius 1 is 0.917 bits per heavy atom. The van der Waals surface area contributed by atoms with E-state index in [0.717, 1.165) is 68.5 Å². The molecule has 1 aliphatic carbocycles. The average molecular weight is 487 g/mol. The number of benzene rings is 1. The summed E-state index contributed by atoms with van der Waals surface area (Å²) >= 11 is 0. The standard InChI is InChI=1S/C28H31FN6O/c29-23-16-32-27(28(30)12-8-21(9-13-28)33-22-10-14-36-15-11-22)34-26(23)24-17-31-25-7-6-20(18-35(24)25)19-4-2-1-3-5-19/h1-7,16-18,21-22,33H,8-15,30H2. The van der Waals surface area contributed by atoms with Gasteiger partial charge in [0, 0.05) is 31.5 Å². The number of nitrogens with one attached hydrogen (secondary N) is 1. The van der Waals surface area contributed by atoms with E-state index in [9.17, 15) is 0 Å². The molecule has 2 aliphatic rings. The van der Waals surface area contributed by atoms with Crippen LogP contribution in [0.25, 0.3) is 28.2 Å². The van der Waals surface area contributed by atoms with Crippen molar-refractivity contribution in [1.29, 1.82) is 0 Å². The van der Waals surface area contributed by atoms with E-state index in [1.54, 1.807) is 6.20 Å². The smallest absolute Gasteiger partial charge is 0.169 e. The summed E-state index contributed by atoms with van der Waals surface area (Å²) in [6.45, 7) is 1.65. The summed E-state index contributed by atoms with van der Waals surface area (Å²) in [5, 5.41) is 3.78. The number of pyridine rings is 1. The van der Waals surface area contributed by atoms with E-state index < -0.39 is 11.4 Å². The van der Waals surface area contributed by atoms with Crippen LogP contribution in [0, 0.1) is 5.82 Å². The van der Waals surface area contributed by atoms with Crippen LogP contribution in [-0.2, 0) is 10.3 Å². The third-order valence-electron chi connectivity index (χ3n) is 7.62. The number of ether oxygens (including phenoxy) is 1. The fourth-order valence-electron chi connectivity index (χ4n) is 5.46. The quantitative estimate of drug-likeness (QED) is 0.433. The Hall–Kier alpha value is -3.20. The summed E-state index contributed by atoms with van der Waals surface area (Å²) in [4.78, 5) is 13.5. The Kier molecular flexibility index (Phi) is 6.25. The van der Waals surface area contributed by atoms with Crippen LogP contribution >= 0.6 is 0 Å². The predicted octanol–water partition coefficient (Wildman–Crippen LogP) is 4.46. The van der Waals surface area contributed by atoms with Gasteiger partial charge in [-0.25, -0.2) is 19.3 Å². The Labute approximate surface area is 209 Å². The summed E-state index contributed by atoms with van der Waals surface area (Å²) in [7, 11) is 0. The maximum atomic E-state index is 15.1. The number of hydrogen-bond acceptors (Lipinski definition) is 6. The third-order valence-corrected chi connectivity index (χ3v) is 7.62. The summed E-state index contributed by atoms with van der Waals surface area (Å²) < 4.78 is 22.4. The van der Waals surface area contributed by atoms with Crippen molar-refractivity contribution in [3.8, 4) is 22.5 Å². The maximum Gasteiger partial charge on any atom is 0.169 e. The molecule has 4 aromatic rings. The minimum Gasteiger partial charge on any atom is -0.381 e. The molecule has 0 bridgehead atoms. The van der Waals surface area contributed by atoms with Crippen molar-refractivity contribution in [3.63, 3.8) is 0 Å². The normalized spacial score (nSPS) is 23.2. The van der Waals surface area contributed by atoms with Crippen LogP contribution in [0.1, 0.15) is 44.3 Å². The van der Waals surface area contributed by atoms with Crippen LogP contribution in [0.3, 0.4) is 0 Å². The molecule has 8 heteroatoms. The van der Waals surface area contributed by atoms with Gasteiger partial charge in [0.05, 0.1) is 23.6 Å². The molecular weight excluding hydrogens is 455 g/mol. The van der Waals surface area contributed by atoms with E-state index in [1.165, 1.54) is 6.20 Å². The van der Waals surface area contributed by atoms with Gasteiger partial charge >= 0.3 is 0 Å². The highest BCUT2D eigenvalue weighted by atomic mass is 19.1. The van der Waals surface area contributed by atoms with E-state index in [0.29, 0.717) is 23.6 Å². The second-order valence-corrected chi connectivity index (χ2v) is 10.0. The first kappa shape index (κ1) is 23.2. The fourth-order valence-corrected chi connectivity index (χ4v) is 5.46. The van der Waals surface area contributed by atoms with E-state index in [2.05, 4.69) is 15.3 Å². The van der Waals surface area contributed by atoms with E-state index in [-0.39, 0.29) is 5.69 Å². The fraction of sp³-hybridized carbons (Fsp3) is 0.393. The molecule has 0 radical (unpaired) electrons. The molecule has 0 atom stereocenters. The first-order valence-corrected chi connectivity index (χ1v) is 12.8. The van der Waals surface area contributed by atoms with Crippen molar-refractivity contribution in [2.24, 2.45) is 5.73 Å². The summed E-state index contributed by atoms with van der Waals surface area (Å²) in [6, 6.07) is 15.0. The van der Waals surface area contributed by atoms with Gasteiger partial charge in [-0.1, -0.05) is 30.3 Å². The SMILES string of the molecule is NC1(c2ncc(F)c(-c3cnc4ccc(-c5ccccc5)cn34)n2)CCC(NC2CCOCC2)CC1. The van der Waals surface area contributed by atoms with Gasteiger partial charge < -0.3 is 15.8 Å². The minimum atomic E-state index is -0.675. The predicted molar refractivity (Wildman–Crippen MR) is 137 cm³/mol. The van der Waals surface area contributed by atoms with E-state index in [4.69, 9.17) is 15.5 Å². The van der Waals surface area contributed by atoms with Gasteiger partial charge in [0.25, 0.3) is 0 Å². The number of nitrogens with two attached hydrogens (primary N) is 1. The maximum absolute atomic E-state index is 15.1.